The van der Waals surface area contributed by atoms with Gasteiger partial charge in [-0.2, -0.15) is 0 Å². The molecule has 1 amide bonds. The quantitative estimate of drug-likeness (QED) is 0.770. The predicted octanol–water partition coefficient (Wildman–Crippen LogP) is 2.44. The third-order valence-electron chi connectivity index (χ3n) is 2.64. The molecule has 0 bridgehead atoms. The Balaban J connectivity index is 2.01. The fourth-order valence-corrected chi connectivity index (χ4v) is 1.69. The van der Waals surface area contributed by atoms with Crippen molar-refractivity contribution in [1.29, 1.82) is 0 Å². The number of rotatable bonds is 7. The molecular formula is C14H17NO4. The lowest BCUT2D eigenvalue weighted by Crippen LogP contribution is -2.33. The smallest absolute Gasteiger partial charge is 0.249 e. The molecule has 0 saturated carbocycles. The van der Waals surface area contributed by atoms with Gasteiger partial charge in [0.05, 0.1) is 25.6 Å². The molecule has 19 heavy (non-hydrogen) atoms. The average Bonchev–Trinajstić information content (AvgIpc) is 3.08. The van der Waals surface area contributed by atoms with E-state index in [2.05, 4.69) is 0 Å². The summed E-state index contributed by atoms with van der Waals surface area (Å²) in [6, 6.07) is 7.27. The monoisotopic (exact) mass is 263 g/mol. The minimum absolute atomic E-state index is 0.0674. The molecule has 102 valence electrons. The molecule has 0 aromatic carbocycles. The van der Waals surface area contributed by atoms with Crippen molar-refractivity contribution in [2.75, 3.05) is 13.2 Å². The van der Waals surface area contributed by atoms with E-state index in [0.29, 0.717) is 19.7 Å². The van der Waals surface area contributed by atoms with Crippen LogP contribution < -0.4 is 0 Å². The molecule has 0 fully saturated rings. The first-order valence-electron chi connectivity index (χ1n) is 6.20. The molecule has 2 rings (SSSR count). The van der Waals surface area contributed by atoms with E-state index in [0.717, 1.165) is 11.5 Å². The Kier molecular flexibility index (Phi) is 4.80. The molecule has 0 atom stereocenters. The van der Waals surface area contributed by atoms with Crippen molar-refractivity contribution < 1.29 is 18.4 Å². The van der Waals surface area contributed by atoms with Gasteiger partial charge in [-0.05, 0) is 31.2 Å². The van der Waals surface area contributed by atoms with Crippen LogP contribution in [-0.2, 0) is 22.6 Å². The molecule has 0 saturated heterocycles. The zero-order valence-corrected chi connectivity index (χ0v) is 10.9. The van der Waals surface area contributed by atoms with Crippen LogP contribution in [0.5, 0.6) is 0 Å². The third kappa shape index (κ3) is 3.99. The van der Waals surface area contributed by atoms with E-state index in [9.17, 15) is 4.79 Å². The van der Waals surface area contributed by atoms with Crippen LogP contribution in [0.1, 0.15) is 18.4 Å². The lowest BCUT2D eigenvalue weighted by atomic mass is 10.3. The summed E-state index contributed by atoms with van der Waals surface area (Å²) >= 11 is 0. The number of hydrogen-bond acceptors (Lipinski definition) is 4. The van der Waals surface area contributed by atoms with Gasteiger partial charge in [0, 0.05) is 6.61 Å². The highest BCUT2D eigenvalue weighted by atomic mass is 16.5. The van der Waals surface area contributed by atoms with Gasteiger partial charge in [-0.3, -0.25) is 4.79 Å². The van der Waals surface area contributed by atoms with Gasteiger partial charge < -0.3 is 18.5 Å². The van der Waals surface area contributed by atoms with E-state index in [1.165, 1.54) is 0 Å². The molecule has 0 aliphatic carbocycles. The van der Waals surface area contributed by atoms with Crippen molar-refractivity contribution in [3.05, 3.63) is 48.3 Å². The summed E-state index contributed by atoms with van der Waals surface area (Å²) in [5, 5.41) is 0. The highest BCUT2D eigenvalue weighted by molar-refractivity contribution is 5.77. The lowest BCUT2D eigenvalue weighted by molar-refractivity contribution is -0.137. The zero-order valence-electron chi connectivity index (χ0n) is 10.9. The summed E-state index contributed by atoms with van der Waals surface area (Å²) in [4.78, 5) is 13.7. The highest BCUT2D eigenvalue weighted by Crippen LogP contribution is 2.11. The van der Waals surface area contributed by atoms with Crippen LogP contribution in [0.4, 0.5) is 0 Å². The van der Waals surface area contributed by atoms with Crippen LogP contribution in [0.15, 0.2) is 45.6 Å². The SMILES string of the molecule is CCOCC(=O)N(Cc1ccco1)Cc1ccco1. The molecule has 5 nitrogen and oxygen atoms in total. The maximum Gasteiger partial charge on any atom is 0.249 e. The normalized spacial score (nSPS) is 10.6. The molecule has 0 radical (unpaired) electrons. The van der Waals surface area contributed by atoms with Crippen LogP contribution in [-0.4, -0.2) is 24.0 Å². The Labute approximate surface area is 111 Å². The molecule has 0 N–H and O–H groups in total. The fourth-order valence-electron chi connectivity index (χ4n) is 1.69. The molecule has 0 aliphatic heterocycles. The van der Waals surface area contributed by atoms with Crippen LogP contribution in [0, 0.1) is 0 Å². The molecule has 2 aromatic rings. The summed E-state index contributed by atoms with van der Waals surface area (Å²) < 4.78 is 15.7. The van der Waals surface area contributed by atoms with E-state index in [1.54, 1.807) is 29.6 Å². The third-order valence-corrected chi connectivity index (χ3v) is 2.64. The first-order valence-corrected chi connectivity index (χ1v) is 6.20. The Morgan fingerprint density at radius 3 is 2.16 bits per heavy atom. The van der Waals surface area contributed by atoms with Gasteiger partial charge >= 0.3 is 0 Å². The summed E-state index contributed by atoms with van der Waals surface area (Å²) in [6.45, 7) is 3.24. The largest absolute Gasteiger partial charge is 0.467 e. The van der Waals surface area contributed by atoms with E-state index < -0.39 is 0 Å². The van der Waals surface area contributed by atoms with E-state index in [4.69, 9.17) is 13.6 Å². The predicted molar refractivity (Wildman–Crippen MR) is 68.2 cm³/mol. The summed E-state index contributed by atoms with van der Waals surface area (Å²) in [5.41, 5.74) is 0. The van der Waals surface area contributed by atoms with Crippen molar-refractivity contribution in [2.45, 2.75) is 20.0 Å². The van der Waals surface area contributed by atoms with E-state index in [1.807, 2.05) is 19.1 Å². The molecule has 2 heterocycles. The number of hydrogen-bond donors (Lipinski definition) is 0. The van der Waals surface area contributed by atoms with Crippen LogP contribution in [0.25, 0.3) is 0 Å². The van der Waals surface area contributed by atoms with E-state index in [-0.39, 0.29) is 12.5 Å². The molecule has 0 spiro atoms. The Hall–Kier alpha value is -2.01. The van der Waals surface area contributed by atoms with Gasteiger partial charge in [-0.1, -0.05) is 0 Å². The standard InChI is InChI=1S/C14H17NO4/c1-2-17-11-14(16)15(9-12-5-3-7-18-12)10-13-6-4-8-19-13/h3-8H,2,9-11H2,1H3. The number of nitrogens with zero attached hydrogens (tertiary/aromatic N) is 1. The Morgan fingerprint density at radius 2 is 1.74 bits per heavy atom. The fraction of sp³-hybridized carbons (Fsp3) is 0.357. The van der Waals surface area contributed by atoms with Gasteiger partial charge in [0.2, 0.25) is 5.91 Å². The summed E-state index contributed by atoms with van der Waals surface area (Å²) in [7, 11) is 0. The number of carbonyl (C=O) groups excluding carboxylic acids is 1. The van der Waals surface area contributed by atoms with Crippen molar-refractivity contribution in [2.24, 2.45) is 0 Å². The Bertz CT molecular complexity index is 439. The molecular weight excluding hydrogens is 246 g/mol. The molecule has 2 aromatic heterocycles. The second-order valence-electron chi connectivity index (χ2n) is 4.05. The maximum atomic E-state index is 12.1. The lowest BCUT2D eigenvalue weighted by Gasteiger charge is -2.20. The van der Waals surface area contributed by atoms with Crippen molar-refractivity contribution in [3.8, 4) is 0 Å². The minimum atomic E-state index is -0.0883. The van der Waals surface area contributed by atoms with Crippen molar-refractivity contribution in [3.63, 3.8) is 0 Å². The zero-order chi connectivity index (χ0) is 13.5. The van der Waals surface area contributed by atoms with Crippen LogP contribution in [0.3, 0.4) is 0 Å². The van der Waals surface area contributed by atoms with Gasteiger partial charge in [0.15, 0.2) is 0 Å². The number of carbonyl (C=O) groups is 1. The van der Waals surface area contributed by atoms with Gasteiger partial charge in [-0.15, -0.1) is 0 Å². The topological polar surface area (TPSA) is 55.8 Å². The van der Waals surface area contributed by atoms with Gasteiger partial charge in [-0.25, -0.2) is 0 Å². The maximum absolute atomic E-state index is 12.1. The van der Waals surface area contributed by atoms with Gasteiger partial charge in [0.25, 0.3) is 0 Å². The first kappa shape index (κ1) is 13.4. The van der Waals surface area contributed by atoms with Crippen molar-refractivity contribution >= 4 is 5.91 Å². The second-order valence-corrected chi connectivity index (χ2v) is 4.05. The molecule has 0 unspecified atom stereocenters. The van der Waals surface area contributed by atoms with Crippen LogP contribution in [0.2, 0.25) is 0 Å². The molecule has 0 aliphatic rings. The van der Waals surface area contributed by atoms with Gasteiger partial charge in [0.1, 0.15) is 18.1 Å². The average molecular weight is 263 g/mol. The van der Waals surface area contributed by atoms with E-state index >= 15 is 0 Å². The molecule has 5 heteroatoms. The summed E-state index contributed by atoms with van der Waals surface area (Å²) in [5.74, 6) is 1.38. The second kappa shape index (κ2) is 6.80. The number of amides is 1. The summed E-state index contributed by atoms with van der Waals surface area (Å²) in [6.07, 6.45) is 3.18. The van der Waals surface area contributed by atoms with Crippen molar-refractivity contribution in [1.82, 2.24) is 4.90 Å². The Morgan fingerprint density at radius 1 is 1.16 bits per heavy atom. The number of ether oxygens (including phenoxy) is 1. The number of furan rings is 2. The first-order chi connectivity index (χ1) is 9.29. The van der Waals surface area contributed by atoms with Crippen LogP contribution >= 0.6 is 0 Å². The minimum Gasteiger partial charge on any atom is -0.467 e. The highest BCUT2D eigenvalue weighted by Gasteiger charge is 2.17.